The third kappa shape index (κ3) is 3.12. The maximum Gasteiger partial charge on any atom is 0.326 e. The van der Waals surface area contributed by atoms with Gasteiger partial charge in [-0.3, -0.25) is 4.79 Å². The van der Waals surface area contributed by atoms with E-state index < -0.39 is 17.9 Å². The summed E-state index contributed by atoms with van der Waals surface area (Å²) in [7, 11) is 0. The van der Waals surface area contributed by atoms with Gasteiger partial charge in [-0.25, -0.2) is 9.48 Å². The molecule has 1 saturated carbocycles. The summed E-state index contributed by atoms with van der Waals surface area (Å²) in [4.78, 5) is 23.3. The lowest BCUT2D eigenvalue weighted by molar-refractivity contribution is -0.139. The summed E-state index contributed by atoms with van der Waals surface area (Å²) >= 11 is 5.92. The zero-order valence-corrected chi connectivity index (χ0v) is 12.3. The number of nitrogens with zero attached hydrogens (tertiary/aromatic N) is 2. The molecular formula is C15H14ClN3O3. The molecule has 0 radical (unpaired) electrons. The number of carbonyl (C=O) groups is 2. The first kappa shape index (κ1) is 14.6. The monoisotopic (exact) mass is 319 g/mol. The van der Waals surface area contributed by atoms with E-state index in [-0.39, 0.29) is 5.92 Å². The molecule has 22 heavy (non-hydrogen) atoms. The molecule has 3 rings (SSSR count). The number of carboxylic acid groups (broad SMARTS) is 1. The SMILES string of the molecule is O=C(NC(C(=O)O)C1CC1)c1cnn(-c2cccc(Cl)c2)c1. The van der Waals surface area contributed by atoms with Crippen molar-refractivity contribution < 1.29 is 14.7 Å². The zero-order valence-electron chi connectivity index (χ0n) is 11.6. The number of hydrogen-bond donors (Lipinski definition) is 2. The highest BCUT2D eigenvalue weighted by Gasteiger charge is 2.37. The average molecular weight is 320 g/mol. The first-order chi connectivity index (χ1) is 10.5. The molecule has 2 N–H and O–H groups in total. The van der Waals surface area contributed by atoms with Crippen LogP contribution in [-0.2, 0) is 4.79 Å². The van der Waals surface area contributed by atoms with Crippen molar-refractivity contribution in [1.29, 1.82) is 0 Å². The second kappa shape index (κ2) is 5.81. The van der Waals surface area contributed by atoms with Crippen LogP contribution in [0.25, 0.3) is 5.69 Å². The van der Waals surface area contributed by atoms with Gasteiger partial charge in [0.15, 0.2) is 0 Å². The van der Waals surface area contributed by atoms with Crippen molar-refractivity contribution >= 4 is 23.5 Å². The van der Waals surface area contributed by atoms with Gasteiger partial charge in [0.1, 0.15) is 6.04 Å². The lowest BCUT2D eigenvalue weighted by Gasteiger charge is -2.12. The van der Waals surface area contributed by atoms with Gasteiger partial charge >= 0.3 is 5.97 Å². The van der Waals surface area contributed by atoms with Crippen LogP contribution in [0.15, 0.2) is 36.7 Å². The highest BCUT2D eigenvalue weighted by Crippen LogP contribution is 2.32. The molecule has 6 nitrogen and oxygen atoms in total. The molecule has 1 aliphatic carbocycles. The number of nitrogens with one attached hydrogen (secondary N) is 1. The van der Waals surface area contributed by atoms with Crippen molar-refractivity contribution in [3.63, 3.8) is 0 Å². The highest BCUT2D eigenvalue weighted by molar-refractivity contribution is 6.30. The number of carboxylic acids is 1. The van der Waals surface area contributed by atoms with Gasteiger partial charge in [0.2, 0.25) is 0 Å². The molecule has 0 spiro atoms. The smallest absolute Gasteiger partial charge is 0.326 e. The van der Waals surface area contributed by atoms with E-state index in [9.17, 15) is 9.59 Å². The molecule has 1 fully saturated rings. The Morgan fingerprint density at radius 1 is 1.41 bits per heavy atom. The van der Waals surface area contributed by atoms with E-state index in [2.05, 4.69) is 10.4 Å². The molecule has 1 atom stereocenters. The molecule has 0 saturated heterocycles. The molecule has 1 aromatic heterocycles. The minimum atomic E-state index is -1.00. The number of hydrogen-bond acceptors (Lipinski definition) is 3. The second-order valence-electron chi connectivity index (χ2n) is 5.28. The fraction of sp³-hybridized carbons (Fsp3) is 0.267. The van der Waals surface area contributed by atoms with Gasteiger partial charge in [0.25, 0.3) is 5.91 Å². The number of halogens is 1. The minimum absolute atomic E-state index is 0.0319. The van der Waals surface area contributed by atoms with E-state index >= 15 is 0 Å². The maximum atomic E-state index is 12.1. The van der Waals surface area contributed by atoms with Crippen LogP contribution in [0.1, 0.15) is 23.2 Å². The molecule has 114 valence electrons. The Labute approximate surface area is 131 Å². The molecule has 7 heteroatoms. The van der Waals surface area contributed by atoms with Crippen LogP contribution in [0.2, 0.25) is 5.02 Å². The maximum absolute atomic E-state index is 12.1. The summed E-state index contributed by atoms with van der Waals surface area (Å²) in [5.74, 6) is -1.41. The van der Waals surface area contributed by atoms with Crippen LogP contribution in [0.4, 0.5) is 0 Å². The van der Waals surface area contributed by atoms with E-state index in [0.29, 0.717) is 10.6 Å². The van der Waals surface area contributed by atoms with Crippen molar-refractivity contribution in [2.24, 2.45) is 5.92 Å². The van der Waals surface area contributed by atoms with E-state index in [4.69, 9.17) is 16.7 Å². The summed E-state index contributed by atoms with van der Waals surface area (Å²) in [6.45, 7) is 0. The van der Waals surface area contributed by atoms with Gasteiger partial charge in [0.05, 0.1) is 17.4 Å². The van der Waals surface area contributed by atoms with E-state index in [1.54, 1.807) is 24.4 Å². The summed E-state index contributed by atoms with van der Waals surface area (Å²) < 4.78 is 1.52. The van der Waals surface area contributed by atoms with Crippen LogP contribution in [0, 0.1) is 5.92 Å². The molecule has 1 unspecified atom stereocenters. The molecular weight excluding hydrogens is 306 g/mol. The Bertz CT molecular complexity index is 724. The molecule has 1 heterocycles. The highest BCUT2D eigenvalue weighted by atomic mass is 35.5. The summed E-state index contributed by atoms with van der Waals surface area (Å²) in [6, 6.07) is 6.23. The summed E-state index contributed by atoms with van der Waals surface area (Å²) in [6.07, 6.45) is 4.62. The molecule has 1 amide bonds. The number of rotatable bonds is 5. The number of benzene rings is 1. The topological polar surface area (TPSA) is 84.2 Å². The minimum Gasteiger partial charge on any atom is -0.480 e. The van der Waals surface area contributed by atoms with Crippen LogP contribution in [0.5, 0.6) is 0 Å². The molecule has 1 aromatic carbocycles. The van der Waals surface area contributed by atoms with Crippen molar-refractivity contribution in [3.8, 4) is 5.69 Å². The van der Waals surface area contributed by atoms with E-state index in [1.807, 2.05) is 6.07 Å². The van der Waals surface area contributed by atoms with Gasteiger partial charge in [-0.05, 0) is 37.0 Å². The Morgan fingerprint density at radius 3 is 2.82 bits per heavy atom. The Hall–Kier alpha value is -2.34. The molecule has 1 aliphatic rings. The fourth-order valence-electron chi connectivity index (χ4n) is 2.24. The van der Waals surface area contributed by atoms with Crippen LogP contribution < -0.4 is 5.32 Å². The Kier molecular flexibility index (Phi) is 3.85. The second-order valence-corrected chi connectivity index (χ2v) is 5.72. The molecule has 0 bridgehead atoms. The van der Waals surface area contributed by atoms with Gasteiger partial charge in [-0.1, -0.05) is 17.7 Å². The summed E-state index contributed by atoms with van der Waals surface area (Å²) in [5, 5.41) is 16.4. The van der Waals surface area contributed by atoms with E-state index in [1.165, 1.54) is 10.9 Å². The van der Waals surface area contributed by atoms with Gasteiger partial charge in [-0.15, -0.1) is 0 Å². The number of carbonyl (C=O) groups excluding carboxylic acids is 1. The average Bonchev–Trinajstić information content (AvgIpc) is 3.19. The first-order valence-electron chi connectivity index (χ1n) is 6.89. The van der Waals surface area contributed by atoms with Gasteiger partial charge < -0.3 is 10.4 Å². The molecule has 0 aliphatic heterocycles. The van der Waals surface area contributed by atoms with E-state index in [0.717, 1.165) is 18.5 Å². The number of amides is 1. The standard InChI is InChI=1S/C15H14ClN3O3/c16-11-2-1-3-12(6-11)19-8-10(7-17-19)14(20)18-13(15(21)22)9-4-5-9/h1-3,6-9,13H,4-5H2,(H,18,20)(H,21,22). The Balaban J connectivity index is 1.75. The van der Waals surface area contributed by atoms with Gasteiger partial charge in [-0.2, -0.15) is 5.10 Å². The lowest BCUT2D eigenvalue weighted by Crippen LogP contribution is -2.42. The first-order valence-corrected chi connectivity index (χ1v) is 7.26. The Morgan fingerprint density at radius 2 is 2.18 bits per heavy atom. The number of aromatic nitrogens is 2. The number of aliphatic carboxylic acids is 1. The van der Waals surface area contributed by atoms with Crippen LogP contribution >= 0.6 is 11.6 Å². The molecule has 2 aromatic rings. The predicted molar refractivity (Wildman–Crippen MR) is 80.2 cm³/mol. The lowest BCUT2D eigenvalue weighted by atomic mass is 10.2. The van der Waals surface area contributed by atoms with Crippen molar-refractivity contribution in [2.45, 2.75) is 18.9 Å². The van der Waals surface area contributed by atoms with Crippen molar-refractivity contribution in [3.05, 3.63) is 47.2 Å². The van der Waals surface area contributed by atoms with Gasteiger partial charge in [0, 0.05) is 11.2 Å². The zero-order chi connectivity index (χ0) is 15.7. The van der Waals surface area contributed by atoms with Crippen molar-refractivity contribution in [1.82, 2.24) is 15.1 Å². The third-order valence-electron chi connectivity index (χ3n) is 3.56. The fourth-order valence-corrected chi connectivity index (χ4v) is 2.42. The van der Waals surface area contributed by atoms with Crippen LogP contribution in [-0.4, -0.2) is 32.8 Å². The van der Waals surface area contributed by atoms with Crippen LogP contribution in [0.3, 0.4) is 0 Å². The largest absolute Gasteiger partial charge is 0.480 e. The van der Waals surface area contributed by atoms with Crippen molar-refractivity contribution in [2.75, 3.05) is 0 Å². The summed E-state index contributed by atoms with van der Waals surface area (Å²) in [5.41, 5.74) is 1.04. The quantitative estimate of drug-likeness (QED) is 0.884. The normalized spacial score (nSPS) is 15.3. The third-order valence-corrected chi connectivity index (χ3v) is 3.80. The predicted octanol–water partition coefficient (Wildman–Crippen LogP) is 2.12.